The maximum Gasteiger partial charge on any atom is 0.0737 e. The Bertz CT molecular complexity index is 509. The molecule has 1 aromatic heterocycles. The molecule has 0 fully saturated rings. The second-order valence-electron chi connectivity index (χ2n) is 3.90. The lowest BCUT2D eigenvalue weighted by Gasteiger charge is -2.09. The van der Waals surface area contributed by atoms with E-state index in [2.05, 4.69) is 23.3 Å². The van der Waals surface area contributed by atoms with Crippen LogP contribution < -0.4 is 5.32 Å². The number of pyridine rings is 1. The number of benzene rings is 1. The minimum absolute atomic E-state index is 0.771. The zero-order valence-electron chi connectivity index (χ0n) is 9.55. The van der Waals surface area contributed by atoms with E-state index >= 15 is 0 Å². The van der Waals surface area contributed by atoms with Gasteiger partial charge in [-0.2, -0.15) is 0 Å². The van der Waals surface area contributed by atoms with Crippen molar-refractivity contribution in [3.8, 4) is 0 Å². The highest BCUT2D eigenvalue weighted by atomic mass is 35.5. The standard InChI is InChI=1S/C13H15ClN2/c1-3-5-15-12-4-6-16-13-8-11(14)9(2)7-10(12)13/h4,6-8H,3,5H2,1-2H3,(H,15,16). The summed E-state index contributed by atoms with van der Waals surface area (Å²) in [7, 11) is 0. The molecular formula is C13H15ClN2. The predicted molar refractivity (Wildman–Crippen MR) is 70.3 cm³/mol. The van der Waals surface area contributed by atoms with Crippen LogP contribution in [0.1, 0.15) is 18.9 Å². The van der Waals surface area contributed by atoms with E-state index in [-0.39, 0.29) is 0 Å². The van der Waals surface area contributed by atoms with Gasteiger partial charge in [-0.05, 0) is 37.1 Å². The van der Waals surface area contributed by atoms with Crippen LogP contribution in [-0.2, 0) is 0 Å². The number of anilines is 1. The molecule has 1 aromatic carbocycles. The molecule has 0 amide bonds. The van der Waals surface area contributed by atoms with Crippen molar-refractivity contribution in [1.29, 1.82) is 0 Å². The lowest BCUT2D eigenvalue weighted by Crippen LogP contribution is -2.00. The summed E-state index contributed by atoms with van der Waals surface area (Å²) in [5, 5.41) is 5.31. The number of nitrogens with zero attached hydrogens (tertiary/aromatic N) is 1. The topological polar surface area (TPSA) is 24.9 Å². The molecule has 0 radical (unpaired) electrons. The van der Waals surface area contributed by atoms with Gasteiger partial charge in [0.1, 0.15) is 0 Å². The van der Waals surface area contributed by atoms with Crippen molar-refractivity contribution >= 4 is 28.2 Å². The monoisotopic (exact) mass is 234 g/mol. The van der Waals surface area contributed by atoms with Crippen LogP contribution in [0.4, 0.5) is 5.69 Å². The predicted octanol–water partition coefficient (Wildman–Crippen LogP) is 4.02. The Morgan fingerprint density at radius 2 is 2.19 bits per heavy atom. The number of hydrogen-bond donors (Lipinski definition) is 1. The third kappa shape index (κ3) is 2.12. The van der Waals surface area contributed by atoms with Crippen LogP contribution in [0.3, 0.4) is 0 Å². The van der Waals surface area contributed by atoms with Gasteiger partial charge in [-0.1, -0.05) is 18.5 Å². The van der Waals surface area contributed by atoms with Gasteiger partial charge in [0.05, 0.1) is 5.52 Å². The van der Waals surface area contributed by atoms with Crippen molar-refractivity contribution in [1.82, 2.24) is 4.98 Å². The molecule has 16 heavy (non-hydrogen) atoms. The Morgan fingerprint density at radius 1 is 1.38 bits per heavy atom. The van der Waals surface area contributed by atoms with Crippen LogP contribution >= 0.6 is 11.6 Å². The first kappa shape index (κ1) is 11.2. The molecule has 0 atom stereocenters. The summed E-state index contributed by atoms with van der Waals surface area (Å²) in [4.78, 5) is 4.33. The average molecular weight is 235 g/mol. The van der Waals surface area contributed by atoms with Crippen LogP contribution in [-0.4, -0.2) is 11.5 Å². The van der Waals surface area contributed by atoms with Gasteiger partial charge >= 0.3 is 0 Å². The summed E-state index contributed by atoms with van der Waals surface area (Å²) < 4.78 is 0. The molecule has 0 unspecified atom stereocenters. The summed E-state index contributed by atoms with van der Waals surface area (Å²) in [6.45, 7) is 5.14. The third-order valence-corrected chi connectivity index (χ3v) is 2.99. The largest absolute Gasteiger partial charge is 0.384 e. The minimum atomic E-state index is 0.771. The van der Waals surface area contributed by atoms with Crippen LogP contribution in [0.2, 0.25) is 5.02 Å². The number of aryl methyl sites for hydroxylation is 1. The van der Waals surface area contributed by atoms with E-state index in [1.165, 1.54) is 0 Å². The van der Waals surface area contributed by atoms with E-state index in [1.54, 1.807) is 0 Å². The Morgan fingerprint density at radius 3 is 2.94 bits per heavy atom. The number of halogens is 1. The third-order valence-electron chi connectivity index (χ3n) is 2.59. The Balaban J connectivity index is 2.53. The van der Waals surface area contributed by atoms with Gasteiger partial charge in [0, 0.05) is 28.8 Å². The smallest absolute Gasteiger partial charge is 0.0737 e. The molecule has 0 saturated carbocycles. The van der Waals surface area contributed by atoms with Crippen molar-refractivity contribution in [2.24, 2.45) is 0 Å². The van der Waals surface area contributed by atoms with E-state index in [4.69, 9.17) is 11.6 Å². The van der Waals surface area contributed by atoms with Crippen LogP contribution in [0.15, 0.2) is 24.4 Å². The highest BCUT2D eigenvalue weighted by molar-refractivity contribution is 6.32. The Kier molecular flexibility index (Phi) is 3.30. The maximum absolute atomic E-state index is 6.08. The van der Waals surface area contributed by atoms with Crippen molar-refractivity contribution in [2.45, 2.75) is 20.3 Å². The van der Waals surface area contributed by atoms with Crippen molar-refractivity contribution in [2.75, 3.05) is 11.9 Å². The van der Waals surface area contributed by atoms with Crippen LogP contribution in [0.5, 0.6) is 0 Å². The van der Waals surface area contributed by atoms with Crippen molar-refractivity contribution < 1.29 is 0 Å². The molecule has 84 valence electrons. The van der Waals surface area contributed by atoms with E-state index in [0.717, 1.165) is 40.1 Å². The second-order valence-corrected chi connectivity index (χ2v) is 4.31. The number of aromatic nitrogens is 1. The SMILES string of the molecule is CCCNc1ccnc2cc(Cl)c(C)cc12. The lowest BCUT2D eigenvalue weighted by molar-refractivity contribution is 0.981. The fourth-order valence-corrected chi connectivity index (χ4v) is 1.85. The van der Waals surface area contributed by atoms with Gasteiger partial charge in [-0.3, -0.25) is 4.98 Å². The van der Waals surface area contributed by atoms with Crippen LogP contribution in [0, 0.1) is 6.92 Å². The molecule has 2 rings (SSSR count). The lowest BCUT2D eigenvalue weighted by atomic mass is 10.1. The Hall–Kier alpha value is -1.28. The first-order valence-electron chi connectivity index (χ1n) is 5.51. The summed E-state index contributed by atoms with van der Waals surface area (Å²) >= 11 is 6.08. The van der Waals surface area contributed by atoms with Crippen molar-refractivity contribution in [3.05, 3.63) is 35.0 Å². The molecule has 0 bridgehead atoms. The van der Waals surface area contributed by atoms with E-state index in [0.29, 0.717) is 0 Å². The molecule has 0 saturated heterocycles. The fourth-order valence-electron chi connectivity index (χ4n) is 1.69. The number of fused-ring (bicyclic) bond motifs is 1. The fraction of sp³-hybridized carbons (Fsp3) is 0.308. The first-order chi connectivity index (χ1) is 7.72. The summed E-state index contributed by atoms with van der Waals surface area (Å²) in [6.07, 6.45) is 2.92. The van der Waals surface area contributed by atoms with E-state index in [9.17, 15) is 0 Å². The summed E-state index contributed by atoms with van der Waals surface area (Å²) in [5.41, 5.74) is 3.16. The number of rotatable bonds is 3. The summed E-state index contributed by atoms with van der Waals surface area (Å²) in [6, 6.07) is 6.01. The molecule has 2 aromatic rings. The second kappa shape index (κ2) is 4.71. The molecule has 2 nitrogen and oxygen atoms in total. The summed E-state index contributed by atoms with van der Waals surface area (Å²) in [5.74, 6) is 0. The molecule has 0 aliphatic carbocycles. The van der Waals surface area contributed by atoms with E-state index < -0.39 is 0 Å². The molecule has 1 N–H and O–H groups in total. The molecule has 0 aliphatic heterocycles. The zero-order chi connectivity index (χ0) is 11.5. The molecule has 0 spiro atoms. The van der Waals surface area contributed by atoms with Gasteiger partial charge in [-0.25, -0.2) is 0 Å². The van der Waals surface area contributed by atoms with Gasteiger partial charge in [0.15, 0.2) is 0 Å². The Labute approximate surface area is 101 Å². The molecule has 1 heterocycles. The number of hydrogen-bond acceptors (Lipinski definition) is 2. The zero-order valence-corrected chi connectivity index (χ0v) is 10.3. The van der Waals surface area contributed by atoms with Gasteiger partial charge < -0.3 is 5.32 Å². The van der Waals surface area contributed by atoms with E-state index in [1.807, 2.05) is 25.3 Å². The highest BCUT2D eigenvalue weighted by Gasteiger charge is 2.04. The molecular weight excluding hydrogens is 220 g/mol. The molecule has 0 aliphatic rings. The minimum Gasteiger partial charge on any atom is -0.384 e. The first-order valence-corrected chi connectivity index (χ1v) is 5.89. The number of nitrogens with one attached hydrogen (secondary N) is 1. The van der Waals surface area contributed by atoms with Gasteiger partial charge in [0.25, 0.3) is 0 Å². The van der Waals surface area contributed by atoms with Gasteiger partial charge in [0.2, 0.25) is 0 Å². The van der Waals surface area contributed by atoms with Crippen LogP contribution in [0.25, 0.3) is 10.9 Å². The molecule has 3 heteroatoms. The average Bonchev–Trinajstić information content (AvgIpc) is 2.28. The highest BCUT2D eigenvalue weighted by Crippen LogP contribution is 2.27. The van der Waals surface area contributed by atoms with Gasteiger partial charge in [-0.15, -0.1) is 0 Å². The quantitative estimate of drug-likeness (QED) is 0.868. The normalized spacial score (nSPS) is 10.7. The van der Waals surface area contributed by atoms with Crippen molar-refractivity contribution in [3.63, 3.8) is 0 Å². The maximum atomic E-state index is 6.08.